The first kappa shape index (κ1) is 36.8. The molecule has 0 fully saturated rings. The average Bonchev–Trinajstić information content (AvgIpc) is 3.06. The van der Waals surface area contributed by atoms with Crippen LogP contribution in [0.2, 0.25) is 10.0 Å². The van der Waals surface area contributed by atoms with E-state index in [1.54, 1.807) is 61.5 Å². The fourth-order valence-corrected chi connectivity index (χ4v) is 6.85. The lowest BCUT2D eigenvalue weighted by molar-refractivity contribution is -0.140. The van der Waals surface area contributed by atoms with Gasteiger partial charge in [0.1, 0.15) is 18.3 Å². The first-order valence-electron chi connectivity index (χ1n) is 15.8. The maximum Gasteiger partial charge on any atom is 0.264 e. The molecular weight excluding hydrogens is 669 g/mol. The van der Waals surface area contributed by atoms with Crippen LogP contribution < -0.4 is 14.4 Å². The zero-order valence-corrected chi connectivity index (χ0v) is 29.9. The monoisotopic (exact) mass is 709 g/mol. The fourth-order valence-electron chi connectivity index (χ4n) is 5.10. The van der Waals surface area contributed by atoms with Crippen molar-refractivity contribution in [1.29, 1.82) is 0 Å². The minimum Gasteiger partial charge on any atom is -0.492 e. The van der Waals surface area contributed by atoms with E-state index in [0.29, 0.717) is 27.9 Å². The van der Waals surface area contributed by atoms with Gasteiger partial charge in [-0.25, -0.2) is 8.42 Å². The van der Waals surface area contributed by atoms with Crippen molar-refractivity contribution in [2.45, 2.75) is 51.6 Å². The van der Waals surface area contributed by atoms with E-state index in [1.165, 1.54) is 17.0 Å². The Kier molecular flexibility index (Phi) is 12.9. The van der Waals surface area contributed by atoms with Crippen molar-refractivity contribution >= 4 is 50.7 Å². The van der Waals surface area contributed by atoms with Crippen LogP contribution in [0, 0.1) is 12.8 Å². The predicted molar refractivity (Wildman–Crippen MR) is 192 cm³/mol. The zero-order chi connectivity index (χ0) is 34.8. The summed E-state index contributed by atoms with van der Waals surface area (Å²) in [6, 6.07) is 26.5. The Hall–Kier alpha value is -4.05. The van der Waals surface area contributed by atoms with Crippen LogP contribution in [0.5, 0.6) is 5.75 Å². The maximum atomic E-state index is 14.7. The van der Waals surface area contributed by atoms with Gasteiger partial charge in [0.05, 0.1) is 27.2 Å². The molecule has 48 heavy (non-hydrogen) atoms. The molecule has 4 aromatic carbocycles. The number of aryl methyl sites for hydroxylation is 1. The number of ether oxygens (including phenoxy) is 1. The first-order valence-corrected chi connectivity index (χ1v) is 18.0. The van der Waals surface area contributed by atoms with Gasteiger partial charge in [-0.15, -0.1) is 0 Å². The van der Waals surface area contributed by atoms with E-state index in [2.05, 4.69) is 5.32 Å². The smallest absolute Gasteiger partial charge is 0.264 e. The normalized spacial score (nSPS) is 12.0. The quantitative estimate of drug-likeness (QED) is 0.140. The van der Waals surface area contributed by atoms with Gasteiger partial charge < -0.3 is 15.0 Å². The van der Waals surface area contributed by atoms with Gasteiger partial charge in [-0.05, 0) is 67.3 Å². The van der Waals surface area contributed by atoms with Crippen molar-refractivity contribution in [3.05, 3.63) is 124 Å². The summed E-state index contributed by atoms with van der Waals surface area (Å²) in [4.78, 5) is 30.1. The van der Waals surface area contributed by atoms with E-state index in [-0.39, 0.29) is 42.0 Å². The minimum absolute atomic E-state index is 0.0127. The molecule has 0 aliphatic rings. The number of sulfonamides is 1. The molecule has 4 aromatic rings. The van der Waals surface area contributed by atoms with Crippen molar-refractivity contribution in [3.63, 3.8) is 0 Å². The van der Waals surface area contributed by atoms with Gasteiger partial charge in [0.15, 0.2) is 0 Å². The van der Waals surface area contributed by atoms with Crippen LogP contribution in [0.1, 0.15) is 37.5 Å². The highest BCUT2D eigenvalue weighted by Crippen LogP contribution is 2.33. The van der Waals surface area contributed by atoms with Crippen molar-refractivity contribution in [2.24, 2.45) is 5.92 Å². The number of hydrogen-bond acceptors (Lipinski definition) is 5. The third-order valence-electron chi connectivity index (χ3n) is 7.61. The number of nitrogens with zero attached hydrogens (tertiary/aromatic N) is 2. The van der Waals surface area contributed by atoms with Gasteiger partial charge in [0.25, 0.3) is 10.0 Å². The summed E-state index contributed by atoms with van der Waals surface area (Å²) >= 11 is 12.6. The molecule has 0 saturated carbocycles. The second-order valence-electron chi connectivity index (χ2n) is 11.8. The second-order valence-corrected chi connectivity index (χ2v) is 14.5. The number of benzene rings is 4. The molecule has 254 valence electrons. The number of halogens is 2. The Morgan fingerprint density at radius 2 is 1.52 bits per heavy atom. The lowest BCUT2D eigenvalue weighted by Crippen LogP contribution is -2.53. The van der Waals surface area contributed by atoms with Crippen LogP contribution in [-0.4, -0.2) is 50.9 Å². The Morgan fingerprint density at radius 1 is 0.854 bits per heavy atom. The molecule has 0 heterocycles. The molecule has 0 aromatic heterocycles. The lowest BCUT2D eigenvalue weighted by atomic mass is 10.0. The molecule has 0 aliphatic heterocycles. The van der Waals surface area contributed by atoms with Gasteiger partial charge in [-0.3, -0.25) is 13.9 Å². The Balaban J connectivity index is 1.85. The highest BCUT2D eigenvalue weighted by Gasteiger charge is 2.35. The van der Waals surface area contributed by atoms with E-state index in [4.69, 9.17) is 27.9 Å². The van der Waals surface area contributed by atoms with Crippen LogP contribution in [0.15, 0.2) is 102 Å². The summed E-state index contributed by atoms with van der Waals surface area (Å²) in [5, 5.41) is 3.62. The largest absolute Gasteiger partial charge is 0.492 e. The zero-order valence-electron chi connectivity index (χ0n) is 27.5. The van der Waals surface area contributed by atoms with Crippen molar-refractivity contribution in [1.82, 2.24) is 10.2 Å². The summed E-state index contributed by atoms with van der Waals surface area (Å²) in [5.41, 5.74) is 2.54. The second kappa shape index (κ2) is 16.9. The van der Waals surface area contributed by atoms with Gasteiger partial charge in [-0.1, -0.05) is 103 Å². The van der Waals surface area contributed by atoms with Crippen LogP contribution >= 0.6 is 23.2 Å². The number of amides is 2. The standard InChI is InChI=1S/C37H41Cl2N3O5S/c1-5-47-35-14-10-9-13-33(35)42(48(45,46)30-18-15-27(4)16-19-30)25-36(43)41(24-29-17-20-31(38)32(39)21-29)34(37(44)40-23-26(2)3)22-28-11-7-6-8-12-28/h6-21,26,34H,5,22-25H2,1-4H3,(H,40,44)/t34-/m0/s1. The van der Waals surface area contributed by atoms with E-state index in [1.807, 2.05) is 51.1 Å². The van der Waals surface area contributed by atoms with E-state index in [0.717, 1.165) is 15.4 Å². The van der Waals surface area contributed by atoms with E-state index < -0.39 is 28.5 Å². The minimum atomic E-state index is -4.29. The molecule has 0 radical (unpaired) electrons. The number of para-hydroxylation sites is 2. The topological polar surface area (TPSA) is 96.0 Å². The number of carbonyl (C=O) groups is 2. The highest BCUT2D eigenvalue weighted by atomic mass is 35.5. The number of carbonyl (C=O) groups excluding carboxylic acids is 2. The molecular formula is C37H41Cl2N3O5S. The maximum absolute atomic E-state index is 14.7. The van der Waals surface area contributed by atoms with Crippen molar-refractivity contribution in [3.8, 4) is 5.75 Å². The Bertz CT molecular complexity index is 1800. The fraction of sp³-hybridized carbons (Fsp3) is 0.297. The molecule has 8 nitrogen and oxygen atoms in total. The van der Waals surface area contributed by atoms with Crippen LogP contribution in [0.25, 0.3) is 0 Å². The molecule has 0 bridgehead atoms. The Labute approximate surface area is 293 Å². The predicted octanol–water partition coefficient (Wildman–Crippen LogP) is 7.31. The molecule has 1 atom stereocenters. The number of anilines is 1. The van der Waals surface area contributed by atoms with Crippen LogP contribution in [0.3, 0.4) is 0 Å². The van der Waals surface area contributed by atoms with E-state index in [9.17, 15) is 18.0 Å². The molecule has 1 N–H and O–H groups in total. The summed E-state index contributed by atoms with van der Waals surface area (Å²) in [6.45, 7) is 7.65. The number of nitrogens with one attached hydrogen (secondary N) is 1. The molecule has 0 saturated heterocycles. The lowest BCUT2D eigenvalue weighted by Gasteiger charge is -2.34. The van der Waals surface area contributed by atoms with Gasteiger partial charge in [-0.2, -0.15) is 0 Å². The molecule has 0 spiro atoms. The summed E-state index contributed by atoms with van der Waals surface area (Å²) < 4.78 is 35.6. The first-order chi connectivity index (χ1) is 22.9. The van der Waals surface area contributed by atoms with Gasteiger partial charge in [0.2, 0.25) is 11.8 Å². The molecule has 2 amide bonds. The highest BCUT2D eigenvalue weighted by molar-refractivity contribution is 7.92. The van der Waals surface area contributed by atoms with Crippen LogP contribution in [-0.2, 0) is 32.6 Å². The van der Waals surface area contributed by atoms with Crippen molar-refractivity contribution in [2.75, 3.05) is 24.0 Å². The van der Waals surface area contributed by atoms with Crippen molar-refractivity contribution < 1.29 is 22.7 Å². The number of rotatable bonds is 15. The Morgan fingerprint density at radius 3 is 2.17 bits per heavy atom. The third kappa shape index (κ3) is 9.52. The molecule has 4 rings (SSSR count). The molecule has 0 aliphatic carbocycles. The number of hydrogen-bond donors (Lipinski definition) is 1. The summed E-state index contributed by atoms with van der Waals surface area (Å²) in [5.74, 6) is -0.488. The summed E-state index contributed by atoms with van der Waals surface area (Å²) in [6.07, 6.45) is 0.193. The van der Waals surface area contributed by atoms with Crippen LogP contribution in [0.4, 0.5) is 5.69 Å². The van der Waals surface area contributed by atoms with E-state index >= 15 is 0 Å². The average molecular weight is 711 g/mol. The SMILES string of the molecule is CCOc1ccccc1N(CC(=O)N(Cc1ccc(Cl)c(Cl)c1)[C@@H](Cc1ccccc1)C(=O)NCC(C)C)S(=O)(=O)c1ccc(C)cc1. The summed E-state index contributed by atoms with van der Waals surface area (Å²) in [7, 11) is -4.29. The van der Waals surface area contributed by atoms with Gasteiger partial charge in [0, 0.05) is 19.5 Å². The molecule has 0 unspecified atom stereocenters. The third-order valence-corrected chi connectivity index (χ3v) is 10.1. The molecule has 11 heteroatoms. The van der Waals surface area contributed by atoms with Gasteiger partial charge >= 0.3 is 0 Å².